The lowest BCUT2D eigenvalue weighted by Gasteiger charge is -2.17. The Balaban J connectivity index is 3.56. The van der Waals surface area contributed by atoms with Gasteiger partial charge < -0.3 is 11.1 Å². The van der Waals surface area contributed by atoms with Crippen LogP contribution in [0.15, 0.2) is 0 Å². The molecule has 0 bridgehead atoms. The third-order valence-electron chi connectivity index (χ3n) is 2.93. The van der Waals surface area contributed by atoms with Crippen LogP contribution >= 0.6 is 0 Å². The molecule has 0 heterocycles. The Kier molecular flexibility index (Phi) is 2.50. The summed E-state index contributed by atoms with van der Waals surface area (Å²) in [4.78, 5) is 0. The minimum atomic E-state index is 0.910. The summed E-state index contributed by atoms with van der Waals surface area (Å²) in [6.45, 7) is 8.37. The second-order valence-electron chi connectivity index (χ2n) is 3.54. The summed E-state index contributed by atoms with van der Waals surface area (Å²) < 4.78 is 0. The molecule has 1 aromatic carbocycles. The van der Waals surface area contributed by atoms with Crippen LogP contribution in [0.1, 0.15) is 22.3 Å². The normalized spacial score (nSPS) is 10.2. The van der Waals surface area contributed by atoms with Gasteiger partial charge in [-0.1, -0.05) is 0 Å². The highest BCUT2D eigenvalue weighted by Crippen LogP contribution is 2.31. The quantitative estimate of drug-likeness (QED) is 0.648. The van der Waals surface area contributed by atoms with Crippen LogP contribution in [0.25, 0.3) is 0 Å². The molecule has 13 heavy (non-hydrogen) atoms. The number of benzene rings is 1. The maximum absolute atomic E-state index is 5.99. The van der Waals surface area contributed by atoms with Crippen LogP contribution in [0.4, 0.5) is 11.4 Å². The molecule has 0 aliphatic carbocycles. The smallest absolute Gasteiger partial charge is 0.0420 e. The largest absolute Gasteiger partial charge is 0.398 e. The van der Waals surface area contributed by atoms with Gasteiger partial charge in [0, 0.05) is 18.4 Å². The SMILES string of the molecule is CNc1c(C)c(C)c(C)c(N)c1C. The summed E-state index contributed by atoms with van der Waals surface area (Å²) in [6, 6.07) is 0. The van der Waals surface area contributed by atoms with Gasteiger partial charge in [-0.15, -0.1) is 0 Å². The van der Waals surface area contributed by atoms with Crippen LogP contribution < -0.4 is 11.1 Å². The molecule has 0 amide bonds. The Morgan fingerprint density at radius 2 is 1.38 bits per heavy atom. The van der Waals surface area contributed by atoms with Gasteiger partial charge in [-0.25, -0.2) is 0 Å². The molecule has 0 saturated carbocycles. The van der Waals surface area contributed by atoms with Crippen LogP contribution in [0, 0.1) is 27.7 Å². The molecular formula is C11H18N2. The zero-order chi connectivity index (χ0) is 10.2. The molecule has 0 radical (unpaired) electrons. The van der Waals surface area contributed by atoms with E-state index in [1.54, 1.807) is 0 Å². The van der Waals surface area contributed by atoms with Crippen LogP contribution in [0.3, 0.4) is 0 Å². The predicted octanol–water partition coefficient (Wildman–Crippen LogP) is 2.54. The summed E-state index contributed by atoms with van der Waals surface area (Å²) in [5.74, 6) is 0. The van der Waals surface area contributed by atoms with Gasteiger partial charge in [0.2, 0.25) is 0 Å². The van der Waals surface area contributed by atoms with E-state index in [4.69, 9.17) is 5.73 Å². The molecule has 0 saturated heterocycles. The molecule has 0 spiro atoms. The Hall–Kier alpha value is -1.18. The Labute approximate surface area is 80.1 Å². The fourth-order valence-corrected chi connectivity index (χ4v) is 1.74. The number of anilines is 2. The number of nitrogens with one attached hydrogen (secondary N) is 1. The molecule has 0 unspecified atom stereocenters. The van der Waals surface area contributed by atoms with Gasteiger partial charge in [-0.05, 0) is 49.9 Å². The van der Waals surface area contributed by atoms with Crippen LogP contribution in [0.5, 0.6) is 0 Å². The summed E-state index contributed by atoms with van der Waals surface area (Å²) in [5, 5.41) is 3.19. The lowest BCUT2D eigenvalue weighted by atomic mass is 9.96. The number of nitrogen functional groups attached to an aromatic ring is 1. The highest BCUT2D eigenvalue weighted by atomic mass is 14.8. The second-order valence-corrected chi connectivity index (χ2v) is 3.54. The van der Waals surface area contributed by atoms with E-state index >= 15 is 0 Å². The first-order chi connectivity index (χ1) is 6.00. The molecular weight excluding hydrogens is 160 g/mol. The van der Waals surface area contributed by atoms with Crippen molar-refractivity contribution in [3.05, 3.63) is 22.3 Å². The second kappa shape index (κ2) is 3.29. The van der Waals surface area contributed by atoms with E-state index in [1.165, 1.54) is 22.4 Å². The molecule has 0 atom stereocenters. The number of hydrogen-bond acceptors (Lipinski definition) is 2. The Morgan fingerprint density at radius 3 is 1.85 bits per heavy atom. The molecule has 0 aliphatic heterocycles. The molecule has 0 fully saturated rings. The molecule has 3 N–H and O–H groups in total. The lowest BCUT2D eigenvalue weighted by Crippen LogP contribution is -2.04. The molecule has 0 aliphatic rings. The van der Waals surface area contributed by atoms with E-state index < -0.39 is 0 Å². The standard InChI is InChI=1S/C11H18N2/c1-6-7(2)10(12)9(4)11(13-5)8(6)3/h13H,12H2,1-5H3. The third kappa shape index (κ3) is 1.37. The Bertz CT molecular complexity index is 311. The summed E-state index contributed by atoms with van der Waals surface area (Å²) in [6.07, 6.45) is 0. The predicted molar refractivity (Wildman–Crippen MR) is 59.3 cm³/mol. The topological polar surface area (TPSA) is 38.0 Å². The summed E-state index contributed by atoms with van der Waals surface area (Å²) in [7, 11) is 1.93. The average Bonchev–Trinajstić information content (AvgIpc) is 2.13. The first-order valence-corrected chi connectivity index (χ1v) is 4.54. The minimum Gasteiger partial charge on any atom is -0.398 e. The zero-order valence-electron chi connectivity index (χ0n) is 9.08. The first kappa shape index (κ1) is 9.90. The first-order valence-electron chi connectivity index (χ1n) is 4.54. The maximum atomic E-state index is 5.99. The lowest BCUT2D eigenvalue weighted by molar-refractivity contribution is 1.23. The van der Waals surface area contributed by atoms with Crippen molar-refractivity contribution in [2.24, 2.45) is 0 Å². The fraction of sp³-hybridized carbons (Fsp3) is 0.455. The number of rotatable bonds is 1. The van der Waals surface area contributed by atoms with Crippen molar-refractivity contribution in [1.29, 1.82) is 0 Å². The van der Waals surface area contributed by atoms with Crippen molar-refractivity contribution in [2.45, 2.75) is 27.7 Å². The van der Waals surface area contributed by atoms with E-state index in [0.717, 1.165) is 11.3 Å². The van der Waals surface area contributed by atoms with E-state index in [1.807, 2.05) is 7.05 Å². The third-order valence-corrected chi connectivity index (χ3v) is 2.93. The van der Waals surface area contributed by atoms with E-state index in [-0.39, 0.29) is 0 Å². The molecule has 1 aromatic rings. The van der Waals surface area contributed by atoms with Crippen molar-refractivity contribution in [3.8, 4) is 0 Å². The summed E-state index contributed by atoms with van der Waals surface area (Å²) in [5.41, 5.74) is 13.0. The van der Waals surface area contributed by atoms with Crippen molar-refractivity contribution >= 4 is 11.4 Å². The number of nitrogens with two attached hydrogens (primary N) is 1. The van der Waals surface area contributed by atoms with Gasteiger partial charge in [-0.3, -0.25) is 0 Å². The van der Waals surface area contributed by atoms with Gasteiger partial charge in [0.05, 0.1) is 0 Å². The van der Waals surface area contributed by atoms with Crippen molar-refractivity contribution in [1.82, 2.24) is 0 Å². The zero-order valence-corrected chi connectivity index (χ0v) is 9.08. The van der Waals surface area contributed by atoms with Crippen molar-refractivity contribution < 1.29 is 0 Å². The van der Waals surface area contributed by atoms with Gasteiger partial charge >= 0.3 is 0 Å². The fourth-order valence-electron chi connectivity index (χ4n) is 1.74. The van der Waals surface area contributed by atoms with Crippen molar-refractivity contribution in [3.63, 3.8) is 0 Å². The number of hydrogen-bond donors (Lipinski definition) is 2. The van der Waals surface area contributed by atoms with Crippen LogP contribution in [-0.2, 0) is 0 Å². The Morgan fingerprint density at radius 1 is 0.846 bits per heavy atom. The van der Waals surface area contributed by atoms with Gasteiger partial charge in [-0.2, -0.15) is 0 Å². The van der Waals surface area contributed by atoms with E-state index in [9.17, 15) is 0 Å². The molecule has 2 heteroatoms. The molecule has 72 valence electrons. The minimum absolute atomic E-state index is 0.910. The maximum Gasteiger partial charge on any atom is 0.0420 e. The molecule has 2 nitrogen and oxygen atoms in total. The van der Waals surface area contributed by atoms with E-state index in [2.05, 4.69) is 33.0 Å². The highest BCUT2D eigenvalue weighted by Gasteiger charge is 2.10. The van der Waals surface area contributed by atoms with Gasteiger partial charge in [0.1, 0.15) is 0 Å². The molecule has 1 rings (SSSR count). The van der Waals surface area contributed by atoms with Crippen LogP contribution in [-0.4, -0.2) is 7.05 Å². The highest BCUT2D eigenvalue weighted by molar-refractivity contribution is 5.72. The van der Waals surface area contributed by atoms with E-state index in [0.29, 0.717) is 0 Å². The van der Waals surface area contributed by atoms with Crippen molar-refractivity contribution in [2.75, 3.05) is 18.1 Å². The molecule has 0 aromatic heterocycles. The van der Waals surface area contributed by atoms with Crippen LogP contribution in [0.2, 0.25) is 0 Å². The summed E-state index contributed by atoms with van der Waals surface area (Å²) >= 11 is 0. The van der Waals surface area contributed by atoms with Gasteiger partial charge in [0.15, 0.2) is 0 Å². The monoisotopic (exact) mass is 178 g/mol. The van der Waals surface area contributed by atoms with Gasteiger partial charge in [0.25, 0.3) is 0 Å². The average molecular weight is 178 g/mol.